The largest absolute Gasteiger partial charge is 0.495 e. The number of carbonyl (C=O) groups excluding carboxylic acids is 1. The second-order valence-corrected chi connectivity index (χ2v) is 3.41. The molecule has 0 bridgehead atoms. The molecule has 3 N–H and O–H groups in total. The van der Waals surface area contributed by atoms with Crippen LogP contribution in [0.4, 0.5) is 5.69 Å². The maximum atomic E-state index is 11.7. The number of tetrazole rings is 1. The van der Waals surface area contributed by atoms with Gasteiger partial charge in [-0.1, -0.05) is 0 Å². The molecular formula is C10H9N5O4. The van der Waals surface area contributed by atoms with Gasteiger partial charge in [-0.2, -0.15) is 5.21 Å². The zero-order chi connectivity index (χ0) is 13.8. The van der Waals surface area contributed by atoms with E-state index in [1.807, 2.05) is 0 Å². The number of hydrogen-bond acceptors (Lipinski definition) is 6. The molecule has 2 rings (SSSR count). The second kappa shape index (κ2) is 5.12. The molecule has 0 unspecified atom stereocenters. The Morgan fingerprint density at radius 2 is 2.21 bits per heavy atom. The third-order valence-corrected chi connectivity index (χ3v) is 2.24. The van der Waals surface area contributed by atoms with E-state index in [0.29, 0.717) is 5.75 Å². The number of aromatic carboxylic acids is 1. The molecule has 0 fully saturated rings. The minimum absolute atomic E-state index is 0.0178. The molecule has 1 aromatic heterocycles. The average molecular weight is 263 g/mol. The number of carboxylic acid groups (broad SMARTS) is 1. The minimum Gasteiger partial charge on any atom is -0.495 e. The first-order valence-electron chi connectivity index (χ1n) is 5.08. The number of carbonyl (C=O) groups is 2. The average Bonchev–Trinajstić information content (AvgIpc) is 2.92. The van der Waals surface area contributed by atoms with Crippen LogP contribution in [0.15, 0.2) is 18.2 Å². The highest BCUT2D eigenvalue weighted by Gasteiger charge is 2.15. The quantitative estimate of drug-likeness (QED) is 0.716. The molecule has 98 valence electrons. The molecule has 0 saturated carbocycles. The fourth-order valence-electron chi connectivity index (χ4n) is 1.37. The lowest BCUT2D eigenvalue weighted by molar-refractivity contribution is 0.0696. The molecule has 19 heavy (non-hydrogen) atoms. The molecule has 0 aliphatic heterocycles. The van der Waals surface area contributed by atoms with Crippen molar-refractivity contribution < 1.29 is 19.4 Å². The van der Waals surface area contributed by atoms with Crippen LogP contribution >= 0.6 is 0 Å². The van der Waals surface area contributed by atoms with Gasteiger partial charge in [0.2, 0.25) is 0 Å². The predicted molar refractivity (Wildman–Crippen MR) is 62.1 cm³/mol. The van der Waals surface area contributed by atoms with Crippen molar-refractivity contribution in [2.75, 3.05) is 12.4 Å². The number of amides is 1. The maximum Gasteiger partial charge on any atom is 0.335 e. The smallest absolute Gasteiger partial charge is 0.335 e. The third kappa shape index (κ3) is 2.65. The number of rotatable bonds is 4. The number of benzene rings is 1. The Morgan fingerprint density at radius 3 is 2.79 bits per heavy atom. The monoisotopic (exact) mass is 263 g/mol. The van der Waals surface area contributed by atoms with Crippen LogP contribution in [0.25, 0.3) is 0 Å². The van der Waals surface area contributed by atoms with E-state index in [9.17, 15) is 9.59 Å². The summed E-state index contributed by atoms with van der Waals surface area (Å²) in [5.74, 6) is -1.59. The van der Waals surface area contributed by atoms with Gasteiger partial charge in [0.1, 0.15) is 5.75 Å². The molecule has 9 heteroatoms. The number of methoxy groups -OCH3 is 1. The molecule has 0 atom stereocenters. The summed E-state index contributed by atoms with van der Waals surface area (Å²) in [7, 11) is 1.40. The van der Waals surface area contributed by atoms with E-state index in [1.165, 1.54) is 25.3 Å². The van der Waals surface area contributed by atoms with Crippen LogP contribution in [0.5, 0.6) is 5.75 Å². The van der Waals surface area contributed by atoms with E-state index >= 15 is 0 Å². The number of carboxylic acids is 1. The van der Waals surface area contributed by atoms with Gasteiger partial charge in [-0.25, -0.2) is 4.79 Å². The van der Waals surface area contributed by atoms with Crippen molar-refractivity contribution in [2.24, 2.45) is 0 Å². The molecule has 0 aliphatic carbocycles. The van der Waals surface area contributed by atoms with E-state index in [1.54, 1.807) is 0 Å². The Morgan fingerprint density at radius 1 is 1.42 bits per heavy atom. The Balaban J connectivity index is 2.30. The molecule has 0 radical (unpaired) electrons. The van der Waals surface area contributed by atoms with Crippen LogP contribution in [-0.4, -0.2) is 44.7 Å². The van der Waals surface area contributed by atoms with E-state index in [4.69, 9.17) is 9.84 Å². The first-order chi connectivity index (χ1) is 9.11. The van der Waals surface area contributed by atoms with E-state index in [-0.39, 0.29) is 17.1 Å². The fourth-order valence-corrected chi connectivity index (χ4v) is 1.37. The van der Waals surface area contributed by atoms with Crippen molar-refractivity contribution in [3.63, 3.8) is 0 Å². The van der Waals surface area contributed by atoms with Crippen molar-refractivity contribution in [3.8, 4) is 5.75 Å². The summed E-state index contributed by atoms with van der Waals surface area (Å²) in [6.07, 6.45) is 0. The number of nitrogens with zero attached hydrogens (tertiary/aromatic N) is 3. The Hall–Kier alpha value is -2.97. The molecular weight excluding hydrogens is 254 g/mol. The van der Waals surface area contributed by atoms with Crippen LogP contribution in [0.2, 0.25) is 0 Å². The van der Waals surface area contributed by atoms with E-state index in [0.717, 1.165) is 0 Å². The van der Waals surface area contributed by atoms with Gasteiger partial charge < -0.3 is 15.2 Å². The van der Waals surface area contributed by atoms with Gasteiger partial charge in [-0.3, -0.25) is 4.79 Å². The van der Waals surface area contributed by atoms with Gasteiger partial charge in [0.15, 0.2) is 0 Å². The SMILES string of the molecule is COc1ccc(C(=O)O)cc1NC(=O)c1nn[nH]n1. The molecule has 9 nitrogen and oxygen atoms in total. The van der Waals surface area contributed by atoms with E-state index < -0.39 is 11.9 Å². The number of ether oxygens (including phenoxy) is 1. The van der Waals surface area contributed by atoms with Gasteiger partial charge in [-0.05, 0) is 23.4 Å². The van der Waals surface area contributed by atoms with Gasteiger partial charge >= 0.3 is 5.97 Å². The molecule has 0 saturated heterocycles. The Labute approximate surface area is 106 Å². The van der Waals surface area contributed by atoms with Gasteiger partial charge in [0.25, 0.3) is 11.7 Å². The van der Waals surface area contributed by atoms with Gasteiger partial charge in [0.05, 0.1) is 18.4 Å². The molecule has 1 amide bonds. The fraction of sp³-hybridized carbons (Fsp3) is 0.100. The van der Waals surface area contributed by atoms with Crippen molar-refractivity contribution in [2.45, 2.75) is 0 Å². The topological polar surface area (TPSA) is 130 Å². The molecule has 1 heterocycles. The summed E-state index contributed by atoms with van der Waals surface area (Å²) >= 11 is 0. The summed E-state index contributed by atoms with van der Waals surface area (Å²) in [5, 5.41) is 23.8. The normalized spacial score (nSPS) is 9.95. The number of H-pyrrole nitrogens is 1. The van der Waals surface area contributed by atoms with Crippen LogP contribution < -0.4 is 10.1 Å². The maximum absolute atomic E-state index is 11.7. The zero-order valence-electron chi connectivity index (χ0n) is 9.75. The van der Waals surface area contributed by atoms with Gasteiger partial charge in [0, 0.05) is 0 Å². The van der Waals surface area contributed by atoms with Crippen LogP contribution in [0.1, 0.15) is 21.0 Å². The van der Waals surface area contributed by atoms with Crippen LogP contribution in [0.3, 0.4) is 0 Å². The number of aromatic amines is 1. The Kier molecular flexibility index (Phi) is 3.37. The number of aromatic nitrogens is 4. The highest BCUT2D eigenvalue weighted by Crippen LogP contribution is 2.25. The summed E-state index contributed by atoms with van der Waals surface area (Å²) in [5.41, 5.74) is 0.224. The highest BCUT2D eigenvalue weighted by atomic mass is 16.5. The van der Waals surface area contributed by atoms with Crippen molar-refractivity contribution in [3.05, 3.63) is 29.6 Å². The first kappa shape index (κ1) is 12.5. The van der Waals surface area contributed by atoms with Crippen LogP contribution in [-0.2, 0) is 0 Å². The predicted octanol–water partition coefficient (Wildman–Crippen LogP) is 0.159. The van der Waals surface area contributed by atoms with Crippen molar-refractivity contribution in [1.29, 1.82) is 0 Å². The zero-order valence-corrected chi connectivity index (χ0v) is 9.75. The Bertz CT molecular complexity index is 610. The molecule has 0 spiro atoms. The second-order valence-electron chi connectivity index (χ2n) is 3.41. The third-order valence-electron chi connectivity index (χ3n) is 2.24. The lowest BCUT2D eigenvalue weighted by Crippen LogP contribution is -2.15. The summed E-state index contributed by atoms with van der Waals surface area (Å²) in [6.45, 7) is 0. The minimum atomic E-state index is -1.11. The molecule has 0 aliphatic rings. The lowest BCUT2D eigenvalue weighted by Gasteiger charge is -2.09. The lowest BCUT2D eigenvalue weighted by atomic mass is 10.2. The highest BCUT2D eigenvalue weighted by molar-refractivity contribution is 6.03. The van der Waals surface area contributed by atoms with E-state index in [2.05, 4.69) is 25.9 Å². The van der Waals surface area contributed by atoms with Gasteiger partial charge in [-0.15, -0.1) is 10.2 Å². The van der Waals surface area contributed by atoms with Crippen LogP contribution in [0, 0.1) is 0 Å². The van der Waals surface area contributed by atoms with Crippen molar-refractivity contribution >= 4 is 17.6 Å². The number of anilines is 1. The standard InChI is InChI=1S/C10H9N5O4/c1-19-7-3-2-5(10(17)18)4-6(7)11-9(16)8-12-14-15-13-8/h2-4H,1H3,(H,11,16)(H,17,18)(H,12,13,14,15). The number of hydrogen-bond donors (Lipinski definition) is 3. The first-order valence-corrected chi connectivity index (χ1v) is 5.08. The number of nitrogens with one attached hydrogen (secondary N) is 2. The molecule has 1 aromatic carbocycles. The van der Waals surface area contributed by atoms with Crippen molar-refractivity contribution in [1.82, 2.24) is 20.6 Å². The summed E-state index contributed by atoms with van der Waals surface area (Å²) < 4.78 is 5.03. The summed E-state index contributed by atoms with van der Waals surface area (Å²) in [4.78, 5) is 22.6. The summed E-state index contributed by atoms with van der Waals surface area (Å²) in [6, 6.07) is 4.08. The molecule has 2 aromatic rings.